The van der Waals surface area contributed by atoms with Crippen LogP contribution in [-0.4, -0.2) is 117 Å². The molecule has 2 rings (SSSR count). The van der Waals surface area contributed by atoms with Crippen molar-refractivity contribution in [1.82, 2.24) is 10.6 Å². The minimum Gasteiger partial charge on any atom is -0.466 e. The number of carbonyl (C=O) groups is 8. The lowest BCUT2D eigenvalue weighted by Crippen LogP contribution is -2.70. The highest BCUT2D eigenvalue weighted by molar-refractivity contribution is 6.30. The second-order valence-electron chi connectivity index (χ2n) is 12.3. The third kappa shape index (κ3) is 16.2. The van der Waals surface area contributed by atoms with Crippen LogP contribution in [-0.2, 0) is 82.7 Å². The number of esters is 6. The highest BCUT2D eigenvalue weighted by atomic mass is 35.5. The van der Waals surface area contributed by atoms with E-state index in [0.717, 1.165) is 34.8 Å². The van der Waals surface area contributed by atoms with Crippen LogP contribution in [0, 0.1) is 0 Å². The van der Waals surface area contributed by atoms with Crippen LogP contribution in [0.2, 0.25) is 5.02 Å². The van der Waals surface area contributed by atoms with E-state index in [1.807, 2.05) is 0 Å². The van der Waals surface area contributed by atoms with Gasteiger partial charge in [-0.05, 0) is 37.5 Å². The fourth-order valence-electron chi connectivity index (χ4n) is 5.62. The molecular formula is C36H49ClN2O16. The van der Waals surface area contributed by atoms with E-state index < -0.39 is 97.5 Å². The molecule has 1 saturated heterocycles. The number of rotatable bonds is 21. The molecule has 0 saturated carbocycles. The lowest BCUT2D eigenvalue weighted by Gasteiger charge is -2.48. The van der Waals surface area contributed by atoms with Crippen LogP contribution >= 0.6 is 11.6 Å². The van der Waals surface area contributed by atoms with E-state index in [4.69, 9.17) is 49.5 Å². The molecule has 55 heavy (non-hydrogen) atoms. The molecule has 1 heterocycles. The van der Waals surface area contributed by atoms with Gasteiger partial charge in [-0.3, -0.25) is 33.6 Å². The quantitative estimate of drug-likeness (QED) is 0.102. The number of ether oxygens (including phenoxy) is 8. The minimum atomic E-state index is -2.38. The summed E-state index contributed by atoms with van der Waals surface area (Å²) in [7, 11) is 1.04. The standard InChI is InChI=1S/C36H49ClN2O16/c1-7-49-31(46)11-9-8-10-16-51-36(35(47)48-6)18-27(52-22(3)41)32(39-30(45)20-50-21(2)40)34(55-36)33(54-24(5)43)28(53-23(4)42)19-38-29(44)17-25-12-14-26(37)15-13-25/h12-15,27-28,32-34H,7-11,16-20H2,1-6H3,(H,38,44)(H,39,45)/t27-,28+,32+,33+,34+,36+/m0/s1. The van der Waals surface area contributed by atoms with Gasteiger partial charge in [0.2, 0.25) is 5.91 Å². The van der Waals surface area contributed by atoms with Crippen molar-refractivity contribution >= 4 is 59.2 Å². The molecule has 2 amide bonds. The normalized spacial score (nSPS) is 20.1. The molecule has 1 aromatic rings. The van der Waals surface area contributed by atoms with Gasteiger partial charge in [-0.25, -0.2) is 4.79 Å². The topological polar surface area (TPSA) is 234 Å². The number of unbranched alkanes of at least 4 members (excludes halogenated alkanes) is 2. The van der Waals surface area contributed by atoms with Gasteiger partial charge in [0.1, 0.15) is 12.2 Å². The summed E-state index contributed by atoms with van der Waals surface area (Å²) in [6, 6.07) is 4.96. The molecular weight excluding hydrogens is 752 g/mol. The number of benzene rings is 1. The highest BCUT2D eigenvalue weighted by Gasteiger charge is 2.59. The molecule has 2 N–H and O–H groups in total. The predicted molar refractivity (Wildman–Crippen MR) is 189 cm³/mol. The largest absolute Gasteiger partial charge is 0.466 e. The lowest BCUT2D eigenvalue weighted by molar-refractivity contribution is -0.313. The van der Waals surface area contributed by atoms with Gasteiger partial charge in [0.25, 0.3) is 11.7 Å². The summed E-state index contributed by atoms with van der Waals surface area (Å²) in [5.74, 6) is -8.78. The molecule has 19 heteroatoms. The van der Waals surface area contributed by atoms with Crippen molar-refractivity contribution in [3.8, 4) is 0 Å². The Hall–Kier alpha value is -4.81. The molecule has 0 spiro atoms. The third-order valence-corrected chi connectivity index (χ3v) is 8.10. The lowest BCUT2D eigenvalue weighted by atomic mass is 9.87. The van der Waals surface area contributed by atoms with Gasteiger partial charge in [-0.2, -0.15) is 0 Å². The van der Waals surface area contributed by atoms with Crippen LogP contribution in [0.1, 0.15) is 72.3 Å². The first-order valence-corrected chi connectivity index (χ1v) is 17.9. The maximum Gasteiger partial charge on any atom is 0.366 e. The molecule has 306 valence electrons. The number of carbonyl (C=O) groups excluding carboxylic acids is 8. The molecule has 0 aromatic heterocycles. The van der Waals surface area contributed by atoms with Crippen LogP contribution in [0.15, 0.2) is 24.3 Å². The van der Waals surface area contributed by atoms with E-state index >= 15 is 0 Å². The van der Waals surface area contributed by atoms with Crippen LogP contribution < -0.4 is 10.6 Å². The smallest absolute Gasteiger partial charge is 0.366 e. The van der Waals surface area contributed by atoms with Gasteiger partial charge in [0, 0.05) is 39.1 Å². The molecule has 0 unspecified atom stereocenters. The number of amides is 2. The van der Waals surface area contributed by atoms with Crippen molar-refractivity contribution in [3.63, 3.8) is 0 Å². The van der Waals surface area contributed by atoms with Gasteiger partial charge in [-0.1, -0.05) is 30.2 Å². The molecule has 1 fully saturated rings. The summed E-state index contributed by atoms with van der Waals surface area (Å²) in [4.78, 5) is 101. The highest BCUT2D eigenvalue weighted by Crippen LogP contribution is 2.37. The van der Waals surface area contributed by atoms with Crippen LogP contribution in [0.25, 0.3) is 0 Å². The van der Waals surface area contributed by atoms with Crippen molar-refractivity contribution in [3.05, 3.63) is 34.9 Å². The van der Waals surface area contributed by atoms with E-state index in [-0.39, 0.29) is 32.0 Å². The van der Waals surface area contributed by atoms with Gasteiger partial charge >= 0.3 is 35.8 Å². The fourth-order valence-corrected chi connectivity index (χ4v) is 5.75. The Morgan fingerprint density at radius 2 is 1.55 bits per heavy atom. The Bertz CT molecular complexity index is 1500. The fraction of sp³-hybridized carbons (Fsp3) is 0.611. The molecule has 0 radical (unpaired) electrons. The number of halogens is 1. The Morgan fingerprint density at radius 3 is 2.13 bits per heavy atom. The van der Waals surface area contributed by atoms with Gasteiger partial charge in [-0.15, -0.1) is 0 Å². The zero-order chi connectivity index (χ0) is 41.1. The number of hydrogen-bond acceptors (Lipinski definition) is 16. The molecule has 0 aliphatic carbocycles. The molecule has 6 atom stereocenters. The van der Waals surface area contributed by atoms with Crippen molar-refractivity contribution in [2.45, 2.75) is 109 Å². The monoisotopic (exact) mass is 800 g/mol. The van der Waals surface area contributed by atoms with Gasteiger partial charge < -0.3 is 48.5 Å². The van der Waals surface area contributed by atoms with E-state index in [1.54, 1.807) is 31.2 Å². The zero-order valence-electron chi connectivity index (χ0n) is 31.7. The van der Waals surface area contributed by atoms with Crippen LogP contribution in [0.4, 0.5) is 0 Å². The van der Waals surface area contributed by atoms with Crippen molar-refractivity contribution in [2.24, 2.45) is 0 Å². The average Bonchev–Trinajstić information content (AvgIpc) is 3.10. The van der Waals surface area contributed by atoms with E-state index in [0.29, 0.717) is 29.8 Å². The Morgan fingerprint density at radius 1 is 0.873 bits per heavy atom. The molecule has 1 aromatic carbocycles. The number of nitrogens with one attached hydrogen (secondary N) is 2. The SMILES string of the molecule is CCOC(=O)CCCCCO[C@]1(C(=O)OC)C[C@H](OC(C)=O)[C@@H](NC(=O)COC(C)=O)[C@H]([C@H](OC(C)=O)[C@@H](CNC(=O)Cc2ccc(Cl)cc2)OC(C)=O)O1. The Labute approximate surface area is 323 Å². The molecule has 0 bridgehead atoms. The maximum absolute atomic E-state index is 13.6. The average molecular weight is 801 g/mol. The molecule has 18 nitrogen and oxygen atoms in total. The van der Waals surface area contributed by atoms with Crippen molar-refractivity contribution in [2.75, 3.05) is 33.5 Å². The van der Waals surface area contributed by atoms with Crippen LogP contribution in [0.5, 0.6) is 0 Å². The summed E-state index contributed by atoms with van der Waals surface area (Å²) in [5, 5.41) is 5.62. The van der Waals surface area contributed by atoms with Crippen molar-refractivity contribution < 1.29 is 76.3 Å². The molecule has 1 aliphatic rings. The number of methoxy groups -OCH3 is 1. The summed E-state index contributed by atoms with van der Waals surface area (Å²) < 4.78 is 43.9. The predicted octanol–water partition coefficient (Wildman–Crippen LogP) is 1.64. The Balaban J connectivity index is 2.60. The Kier molecular flexibility index (Phi) is 19.5. The van der Waals surface area contributed by atoms with E-state index in [1.165, 1.54) is 0 Å². The first-order valence-electron chi connectivity index (χ1n) is 17.5. The van der Waals surface area contributed by atoms with Gasteiger partial charge in [0.15, 0.2) is 18.8 Å². The summed E-state index contributed by atoms with van der Waals surface area (Å²) in [5.41, 5.74) is 0.596. The maximum atomic E-state index is 13.6. The zero-order valence-corrected chi connectivity index (χ0v) is 32.4. The first-order chi connectivity index (χ1) is 26.0. The summed E-state index contributed by atoms with van der Waals surface area (Å²) in [6.45, 7) is 4.71. The second-order valence-corrected chi connectivity index (χ2v) is 12.8. The minimum absolute atomic E-state index is 0.120. The van der Waals surface area contributed by atoms with E-state index in [9.17, 15) is 38.4 Å². The van der Waals surface area contributed by atoms with E-state index in [2.05, 4.69) is 10.6 Å². The number of hydrogen-bond donors (Lipinski definition) is 2. The van der Waals surface area contributed by atoms with Gasteiger partial charge in [0.05, 0.1) is 45.8 Å². The van der Waals surface area contributed by atoms with Crippen LogP contribution in [0.3, 0.4) is 0 Å². The summed E-state index contributed by atoms with van der Waals surface area (Å²) in [6.07, 6.45) is -5.86. The first kappa shape index (κ1) is 46.3. The second kappa shape index (κ2) is 23.2. The summed E-state index contributed by atoms with van der Waals surface area (Å²) >= 11 is 5.95. The van der Waals surface area contributed by atoms with Crippen molar-refractivity contribution in [1.29, 1.82) is 0 Å². The third-order valence-electron chi connectivity index (χ3n) is 7.85. The molecule has 1 aliphatic heterocycles.